The summed E-state index contributed by atoms with van der Waals surface area (Å²) >= 11 is 0. The third-order valence-corrected chi connectivity index (χ3v) is 3.05. The van der Waals surface area contributed by atoms with Crippen molar-refractivity contribution in [3.8, 4) is 0 Å². The van der Waals surface area contributed by atoms with Gasteiger partial charge in [0.15, 0.2) is 0 Å². The largest absolute Gasteiger partial charge is 0.391 e. The number of amides is 1. The van der Waals surface area contributed by atoms with E-state index in [0.29, 0.717) is 11.5 Å². The second-order valence-electron chi connectivity index (χ2n) is 4.95. The first-order valence-electron chi connectivity index (χ1n) is 6.48. The molecule has 0 bridgehead atoms. The first kappa shape index (κ1) is 14.1. The maximum Gasteiger partial charge on any atom is 0.249 e. The fourth-order valence-corrected chi connectivity index (χ4v) is 2.06. The minimum Gasteiger partial charge on any atom is -0.391 e. The molecule has 0 aromatic heterocycles. The maximum atomic E-state index is 11.8. The lowest BCUT2D eigenvalue weighted by molar-refractivity contribution is 0.0988. The number of benzene rings is 1. The van der Waals surface area contributed by atoms with Gasteiger partial charge in [-0.2, -0.15) is 0 Å². The zero-order chi connectivity index (χ0) is 14.5. The number of oxime groups is 1. The van der Waals surface area contributed by atoms with Gasteiger partial charge < -0.3 is 4.84 Å². The van der Waals surface area contributed by atoms with E-state index in [1.54, 1.807) is 6.07 Å². The molecule has 1 aliphatic rings. The minimum absolute atomic E-state index is 0.208. The van der Waals surface area contributed by atoms with Crippen LogP contribution in [0.5, 0.6) is 0 Å². The van der Waals surface area contributed by atoms with Gasteiger partial charge in [-0.25, -0.2) is 0 Å². The highest BCUT2D eigenvalue weighted by Crippen LogP contribution is 2.42. The summed E-state index contributed by atoms with van der Waals surface area (Å²) in [6.07, 6.45) is 2.23. The Kier molecular flexibility index (Phi) is 4.38. The Labute approximate surface area is 117 Å². The van der Waals surface area contributed by atoms with Crippen LogP contribution in [0.2, 0.25) is 0 Å². The van der Waals surface area contributed by atoms with E-state index in [2.05, 4.69) is 15.2 Å². The molecule has 6 nitrogen and oxygen atoms in total. The van der Waals surface area contributed by atoms with Crippen molar-refractivity contribution in [2.24, 2.45) is 10.3 Å². The Balaban J connectivity index is 2.34. The predicted octanol–water partition coefficient (Wildman–Crippen LogP) is 3.93. The van der Waals surface area contributed by atoms with Crippen molar-refractivity contribution < 1.29 is 9.63 Å². The van der Waals surface area contributed by atoms with Gasteiger partial charge in [0.2, 0.25) is 5.91 Å². The van der Waals surface area contributed by atoms with E-state index in [1.807, 2.05) is 26.0 Å². The Hall–Kier alpha value is -2.33. The van der Waals surface area contributed by atoms with Crippen molar-refractivity contribution in [3.63, 3.8) is 0 Å². The molecule has 1 aromatic rings. The Morgan fingerprint density at radius 1 is 1.45 bits per heavy atom. The second-order valence-corrected chi connectivity index (χ2v) is 4.95. The van der Waals surface area contributed by atoms with Gasteiger partial charge in [-0.05, 0) is 48.8 Å². The van der Waals surface area contributed by atoms with E-state index < -0.39 is 5.91 Å². The predicted molar refractivity (Wildman–Crippen MR) is 75.5 cm³/mol. The summed E-state index contributed by atoms with van der Waals surface area (Å²) in [5.74, 6) is -0.107. The SMILES string of the molecule is CC(C)=NOCc1c(C(=O)N=[N+]=[N-])cccc1C1CC1. The standard InChI is InChI=1S/C14H16N4O2/c1-9(2)17-20-8-13-11(10-6-7-10)4-3-5-12(13)14(19)16-18-15/h3-5,10H,6-8H2,1-2H3. The molecule has 1 aliphatic carbocycles. The van der Waals surface area contributed by atoms with Crippen molar-refractivity contribution in [2.75, 3.05) is 0 Å². The molecule has 1 amide bonds. The molecule has 2 rings (SSSR count). The molecule has 6 heteroatoms. The molecule has 0 unspecified atom stereocenters. The van der Waals surface area contributed by atoms with Crippen LogP contribution in [-0.2, 0) is 11.4 Å². The van der Waals surface area contributed by atoms with Gasteiger partial charge in [0.1, 0.15) is 6.61 Å². The molecule has 0 radical (unpaired) electrons. The normalized spacial score (nSPS) is 13.3. The number of carbonyl (C=O) groups excluding carboxylic acids is 1. The lowest BCUT2D eigenvalue weighted by Gasteiger charge is -2.11. The highest BCUT2D eigenvalue weighted by Gasteiger charge is 2.28. The average Bonchev–Trinajstić information content (AvgIpc) is 3.23. The molecule has 1 fully saturated rings. The van der Waals surface area contributed by atoms with Crippen LogP contribution in [0, 0.1) is 0 Å². The summed E-state index contributed by atoms with van der Waals surface area (Å²) in [7, 11) is 0. The molecule has 20 heavy (non-hydrogen) atoms. The fourth-order valence-electron chi connectivity index (χ4n) is 2.06. The van der Waals surface area contributed by atoms with Gasteiger partial charge in [-0.15, -0.1) is 0 Å². The first-order valence-corrected chi connectivity index (χ1v) is 6.48. The zero-order valence-corrected chi connectivity index (χ0v) is 11.5. The van der Waals surface area contributed by atoms with Gasteiger partial charge in [0.25, 0.3) is 0 Å². The quantitative estimate of drug-likeness (QED) is 0.267. The van der Waals surface area contributed by atoms with Crippen LogP contribution in [0.4, 0.5) is 0 Å². The van der Waals surface area contributed by atoms with E-state index in [1.165, 1.54) is 0 Å². The number of carbonyl (C=O) groups is 1. The Bertz CT molecular complexity index is 595. The summed E-state index contributed by atoms with van der Waals surface area (Å²) < 4.78 is 0. The van der Waals surface area contributed by atoms with Crippen molar-refractivity contribution >= 4 is 11.6 Å². The first-order chi connectivity index (χ1) is 9.63. The third-order valence-electron chi connectivity index (χ3n) is 3.05. The Morgan fingerprint density at radius 3 is 2.80 bits per heavy atom. The molecular formula is C14H16N4O2. The van der Waals surface area contributed by atoms with Crippen LogP contribution in [0.15, 0.2) is 28.5 Å². The summed E-state index contributed by atoms with van der Waals surface area (Å²) in [6.45, 7) is 3.87. The van der Waals surface area contributed by atoms with Crippen LogP contribution in [0.3, 0.4) is 0 Å². The molecule has 104 valence electrons. The average molecular weight is 272 g/mol. The molecule has 0 aliphatic heterocycles. The van der Waals surface area contributed by atoms with Crippen molar-refractivity contribution in [1.29, 1.82) is 0 Å². The van der Waals surface area contributed by atoms with Gasteiger partial charge in [-0.3, -0.25) is 4.79 Å². The van der Waals surface area contributed by atoms with Gasteiger partial charge >= 0.3 is 0 Å². The lowest BCUT2D eigenvalue weighted by atomic mass is 9.98. The van der Waals surface area contributed by atoms with Crippen molar-refractivity contribution in [1.82, 2.24) is 0 Å². The zero-order valence-electron chi connectivity index (χ0n) is 11.5. The maximum absolute atomic E-state index is 11.8. The molecule has 1 saturated carbocycles. The van der Waals surface area contributed by atoms with Crippen molar-refractivity contribution in [3.05, 3.63) is 45.3 Å². The second kappa shape index (κ2) is 6.21. The van der Waals surface area contributed by atoms with Gasteiger partial charge in [-0.1, -0.05) is 23.4 Å². The van der Waals surface area contributed by atoms with Crippen LogP contribution in [0.25, 0.3) is 10.4 Å². The fraction of sp³-hybridized carbons (Fsp3) is 0.429. The molecule has 0 heterocycles. The van der Waals surface area contributed by atoms with E-state index in [0.717, 1.165) is 29.7 Å². The van der Waals surface area contributed by atoms with Crippen LogP contribution < -0.4 is 0 Å². The van der Waals surface area contributed by atoms with E-state index >= 15 is 0 Å². The molecule has 0 atom stereocenters. The molecular weight excluding hydrogens is 256 g/mol. The monoisotopic (exact) mass is 272 g/mol. The van der Waals surface area contributed by atoms with Gasteiger partial charge in [0.05, 0.1) is 5.71 Å². The number of hydrogen-bond donors (Lipinski definition) is 0. The number of nitrogens with zero attached hydrogens (tertiary/aromatic N) is 4. The molecule has 0 saturated heterocycles. The summed E-state index contributed by atoms with van der Waals surface area (Å²) in [6, 6.07) is 5.46. The summed E-state index contributed by atoms with van der Waals surface area (Å²) in [5.41, 5.74) is 11.5. The Morgan fingerprint density at radius 2 is 2.20 bits per heavy atom. The van der Waals surface area contributed by atoms with E-state index in [-0.39, 0.29) is 6.61 Å². The van der Waals surface area contributed by atoms with E-state index in [4.69, 9.17) is 10.4 Å². The summed E-state index contributed by atoms with van der Waals surface area (Å²) in [5, 5.41) is 7.06. The highest BCUT2D eigenvalue weighted by atomic mass is 16.6. The molecule has 0 spiro atoms. The highest BCUT2D eigenvalue weighted by molar-refractivity contribution is 5.96. The molecule has 1 aromatic carbocycles. The van der Waals surface area contributed by atoms with Crippen LogP contribution in [-0.4, -0.2) is 11.6 Å². The van der Waals surface area contributed by atoms with Crippen molar-refractivity contribution in [2.45, 2.75) is 39.2 Å². The number of hydrogen-bond acceptors (Lipinski definition) is 3. The third kappa shape index (κ3) is 3.36. The van der Waals surface area contributed by atoms with Crippen LogP contribution in [0.1, 0.15) is 54.1 Å². The van der Waals surface area contributed by atoms with E-state index in [9.17, 15) is 4.79 Å². The van der Waals surface area contributed by atoms with Crippen LogP contribution >= 0.6 is 0 Å². The smallest absolute Gasteiger partial charge is 0.249 e. The topological polar surface area (TPSA) is 87.4 Å². The molecule has 0 N–H and O–H groups in total. The number of rotatable bonds is 5. The summed E-state index contributed by atoms with van der Waals surface area (Å²) in [4.78, 5) is 19.7. The lowest BCUT2D eigenvalue weighted by Crippen LogP contribution is -2.05. The minimum atomic E-state index is -0.578. The number of azide groups is 1. The van der Waals surface area contributed by atoms with Gasteiger partial charge in [0, 0.05) is 16.0 Å².